The Morgan fingerprint density at radius 1 is 1.26 bits per heavy atom. The number of ether oxygens (including phenoxy) is 1. The van der Waals surface area contributed by atoms with E-state index in [0.717, 1.165) is 28.1 Å². The highest BCUT2D eigenvalue weighted by atomic mass is 16.5. The molecule has 0 saturated carbocycles. The van der Waals surface area contributed by atoms with Gasteiger partial charge >= 0.3 is 0 Å². The molecule has 0 fully saturated rings. The normalized spacial score (nSPS) is 10.6. The van der Waals surface area contributed by atoms with Crippen molar-refractivity contribution in [3.05, 3.63) is 54.6 Å². The summed E-state index contributed by atoms with van der Waals surface area (Å²) < 4.78 is 10.5. The summed E-state index contributed by atoms with van der Waals surface area (Å²) in [5.74, 6) is 2.57. The van der Waals surface area contributed by atoms with E-state index in [9.17, 15) is 0 Å². The molecule has 19 heavy (non-hydrogen) atoms. The smallest absolute Gasteiger partial charge is 0.134 e. The van der Waals surface area contributed by atoms with Crippen LogP contribution in [0.25, 0.3) is 10.8 Å². The molecule has 0 saturated heterocycles. The Bertz CT molecular complexity index is 678. The van der Waals surface area contributed by atoms with Crippen LogP contribution in [0, 0.1) is 0 Å². The van der Waals surface area contributed by atoms with Gasteiger partial charge in [0.25, 0.3) is 0 Å². The Morgan fingerprint density at radius 2 is 2.21 bits per heavy atom. The monoisotopic (exact) mass is 254 g/mol. The van der Waals surface area contributed by atoms with E-state index >= 15 is 0 Å². The van der Waals surface area contributed by atoms with Crippen LogP contribution in [-0.2, 0) is 6.54 Å². The minimum atomic E-state index is 0.616. The van der Waals surface area contributed by atoms with Crippen LogP contribution in [0.5, 0.6) is 5.75 Å². The molecule has 1 aromatic carbocycles. The summed E-state index contributed by atoms with van der Waals surface area (Å²) in [5.41, 5.74) is 0. The lowest BCUT2D eigenvalue weighted by molar-refractivity contribution is 0.415. The summed E-state index contributed by atoms with van der Waals surface area (Å²) in [6.45, 7) is 0.616. The molecule has 1 N–H and O–H groups in total. The molecule has 96 valence electrons. The average molecular weight is 254 g/mol. The van der Waals surface area contributed by atoms with Crippen molar-refractivity contribution in [1.29, 1.82) is 0 Å². The fourth-order valence-corrected chi connectivity index (χ4v) is 2.01. The van der Waals surface area contributed by atoms with E-state index in [1.165, 1.54) is 0 Å². The molecule has 3 rings (SSSR count). The lowest BCUT2D eigenvalue weighted by atomic mass is 10.1. The van der Waals surface area contributed by atoms with Gasteiger partial charge in [0.05, 0.1) is 19.9 Å². The van der Waals surface area contributed by atoms with Crippen molar-refractivity contribution in [2.45, 2.75) is 6.54 Å². The molecular weight excluding hydrogens is 240 g/mol. The highest BCUT2D eigenvalue weighted by Crippen LogP contribution is 2.25. The van der Waals surface area contributed by atoms with Crippen molar-refractivity contribution in [2.75, 3.05) is 12.4 Å². The number of pyridine rings is 1. The standard InChI is InChI=1S/C15H14N2O2/c1-18-12-4-5-14-11(9-12)6-7-16-15(14)17-10-13-3-2-8-19-13/h2-9H,10H2,1H3,(H,16,17). The van der Waals surface area contributed by atoms with E-state index in [0.29, 0.717) is 6.54 Å². The minimum absolute atomic E-state index is 0.616. The summed E-state index contributed by atoms with van der Waals surface area (Å²) in [6.07, 6.45) is 3.45. The van der Waals surface area contributed by atoms with Crippen LogP contribution < -0.4 is 10.1 Å². The third kappa shape index (κ3) is 2.38. The van der Waals surface area contributed by atoms with Gasteiger partial charge in [0, 0.05) is 11.6 Å². The second kappa shape index (κ2) is 5.02. The van der Waals surface area contributed by atoms with Crippen LogP contribution in [0.15, 0.2) is 53.3 Å². The number of anilines is 1. The fraction of sp³-hybridized carbons (Fsp3) is 0.133. The van der Waals surface area contributed by atoms with Gasteiger partial charge in [-0.2, -0.15) is 0 Å². The first-order chi connectivity index (χ1) is 9.36. The number of hydrogen-bond acceptors (Lipinski definition) is 4. The molecule has 0 aliphatic heterocycles. The largest absolute Gasteiger partial charge is 0.497 e. The topological polar surface area (TPSA) is 47.3 Å². The van der Waals surface area contributed by atoms with Gasteiger partial charge in [0.2, 0.25) is 0 Å². The fourth-order valence-electron chi connectivity index (χ4n) is 2.01. The second-order valence-electron chi connectivity index (χ2n) is 4.18. The van der Waals surface area contributed by atoms with E-state index in [-0.39, 0.29) is 0 Å². The number of nitrogens with zero attached hydrogens (tertiary/aromatic N) is 1. The molecule has 0 spiro atoms. The molecule has 0 radical (unpaired) electrons. The number of rotatable bonds is 4. The van der Waals surface area contributed by atoms with Gasteiger partial charge in [0.1, 0.15) is 17.3 Å². The Labute approximate surface area is 111 Å². The van der Waals surface area contributed by atoms with Crippen LogP contribution in [0.2, 0.25) is 0 Å². The molecule has 4 nitrogen and oxygen atoms in total. The second-order valence-corrected chi connectivity index (χ2v) is 4.18. The van der Waals surface area contributed by atoms with Gasteiger partial charge in [-0.05, 0) is 41.8 Å². The highest BCUT2D eigenvalue weighted by molar-refractivity contribution is 5.92. The predicted octanol–water partition coefficient (Wildman–Crippen LogP) is 3.45. The Balaban J connectivity index is 1.90. The van der Waals surface area contributed by atoms with Gasteiger partial charge in [-0.25, -0.2) is 4.98 Å². The van der Waals surface area contributed by atoms with Crippen LogP contribution in [-0.4, -0.2) is 12.1 Å². The molecule has 0 bridgehead atoms. The molecule has 0 unspecified atom stereocenters. The number of nitrogens with one attached hydrogen (secondary N) is 1. The number of benzene rings is 1. The number of furan rings is 1. The first kappa shape index (κ1) is 11.6. The molecular formula is C15H14N2O2. The van der Waals surface area contributed by atoms with Gasteiger partial charge in [-0.1, -0.05) is 0 Å². The maximum atomic E-state index is 5.29. The summed E-state index contributed by atoms with van der Waals surface area (Å²) in [5, 5.41) is 5.44. The van der Waals surface area contributed by atoms with Crippen molar-refractivity contribution in [3.8, 4) is 5.75 Å². The molecule has 0 amide bonds. The zero-order valence-corrected chi connectivity index (χ0v) is 10.6. The Hall–Kier alpha value is -2.49. The predicted molar refractivity (Wildman–Crippen MR) is 74.3 cm³/mol. The highest BCUT2D eigenvalue weighted by Gasteiger charge is 2.04. The Morgan fingerprint density at radius 3 is 3.00 bits per heavy atom. The van der Waals surface area contributed by atoms with Crippen LogP contribution in [0.3, 0.4) is 0 Å². The molecule has 2 aromatic heterocycles. The van der Waals surface area contributed by atoms with Crippen LogP contribution >= 0.6 is 0 Å². The molecule has 4 heteroatoms. The van der Waals surface area contributed by atoms with Gasteiger partial charge in [-0.15, -0.1) is 0 Å². The molecule has 0 atom stereocenters. The van der Waals surface area contributed by atoms with Gasteiger partial charge < -0.3 is 14.5 Å². The molecule has 0 aliphatic rings. The van der Waals surface area contributed by atoms with E-state index in [2.05, 4.69) is 10.3 Å². The minimum Gasteiger partial charge on any atom is -0.497 e. The van der Waals surface area contributed by atoms with Crippen molar-refractivity contribution < 1.29 is 9.15 Å². The maximum absolute atomic E-state index is 5.29. The van der Waals surface area contributed by atoms with E-state index in [1.54, 1.807) is 19.6 Å². The zero-order valence-electron chi connectivity index (χ0n) is 10.6. The summed E-state index contributed by atoms with van der Waals surface area (Å²) >= 11 is 0. The summed E-state index contributed by atoms with van der Waals surface area (Å²) in [6, 6.07) is 11.7. The summed E-state index contributed by atoms with van der Waals surface area (Å²) in [7, 11) is 1.67. The van der Waals surface area contributed by atoms with Crippen molar-refractivity contribution in [1.82, 2.24) is 4.98 Å². The number of fused-ring (bicyclic) bond motifs is 1. The molecule has 0 aliphatic carbocycles. The van der Waals surface area contributed by atoms with Crippen LogP contribution in [0.4, 0.5) is 5.82 Å². The SMILES string of the molecule is COc1ccc2c(NCc3ccco3)nccc2c1. The summed E-state index contributed by atoms with van der Waals surface area (Å²) in [4.78, 5) is 4.37. The third-order valence-electron chi connectivity index (χ3n) is 2.98. The van der Waals surface area contributed by atoms with Crippen molar-refractivity contribution in [2.24, 2.45) is 0 Å². The maximum Gasteiger partial charge on any atom is 0.134 e. The third-order valence-corrected chi connectivity index (χ3v) is 2.98. The zero-order chi connectivity index (χ0) is 13.1. The number of methoxy groups -OCH3 is 1. The van der Waals surface area contributed by atoms with Gasteiger partial charge in [0.15, 0.2) is 0 Å². The quantitative estimate of drug-likeness (QED) is 0.774. The van der Waals surface area contributed by atoms with Gasteiger partial charge in [-0.3, -0.25) is 0 Å². The first-order valence-corrected chi connectivity index (χ1v) is 6.06. The first-order valence-electron chi connectivity index (χ1n) is 6.06. The average Bonchev–Trinajstić information content (AvgIpc) is 2.97. The van der Waals surface area contributed by atoms with E-state index in [4.69, 9.17) is 9.15 Å². The lowest BCUT2D eigenvalue weighted by Gasteiger charge is -2.08. The molecule has 3 aromatic rings. The van der Waals surface area contributed by atoms with E-state index < -0.39 is 0 Å². The van der Waals surface area contributed by atoms with Crippen LogP contribution in [0.1, 0.15) is 5.76 Å². The van der Waals surface area contributed by atoms with Crippen molar-refractivity contribution >= 4 is 16.6 Å². The Kier molecular flexibility index (Phi) is 3.06. The number of aromatic nitrogens is 1. The number of hydrogen-bond donors (Lipinski definition) is 1. The van der Waals surface area contributed by atoms with Crippen molar-refractivity contribution in [3.63, 3.8) is 0 Å². The lowest BCUT2D eigenvalue weighted by Crippen LogP contribution is -2.00. The molecule has 2 heterocycles. The van der Waals surface area contributed by atoms with E-state index in [1.807, 2.05) is 36.4 Å².